The summed E-state index contributed by atoms with van der Waals surface area (Å²) in [6, 6.07) is 11.9. The molecule has 0 aliphatic carbocycles. The molecule has 0 radical (unpaired) electrons. The van der Waals surface area contributed by atoms with E-state index in [0.29, 0.717) is 26.1 Å². The maximum atomic E-state index is 12.4. The number of benzene rings is 1. The number of ether oxygens (including phenoxy) is 1. The molecule has 1 aromatic carbocycles. The van der Waals surface area contributed by atoms with Crippen molar-refractivity contribution in [2.75, 3.05) is 18.5 Å². The van der Waals surface area contributed by atoms with E-state index in [1.165, 1.54) is 4.88 Å². The summed E-state index contributed by atoms with van der Waals surface area (Å²) >= 11 is 1.68. The number of hydrogen-bond donors (Lipinski definition) is 2. The molecule has 1 saturated heterocycles. The summed E-state index contributed by atoms with van der Waals surface area (Å²) in [6.45, 7) is 1.08. The minimum atomic E-state index is -0.822. The Morgan fingerprint density at radius 1 is 1.23 bits per heavy atom. The Labute approximate surface area is 140 Å². The molecule has 0 atom stereocenters. The van der Waals surface area contributed by atoms with Crippen molar-refractivity contribution in [1.29, 1.82) is 0 Å². The Balaban J connectivity index is 0.00000176. The van der Waals surface area contributed by atoms with E-state index in [1.54, 1.807) is 11.3 Å². The molecule has 0 unspecified atom stereocenters. The number of rotatable bonds is 3. The lowest BCUT2D eigenvalue weighted by molar-refractivity contribution is -0.124. The fourth-order valence-corrected chi connectivity index (χ4v) is 3.14. The lowest BCUT2D eigenvalue weighted by atomic mass is 9.90. The zero-order valence-corrected chi connectivity index (χ0v) is 13.7. The molecular formula is C16H19ClN2O2S. The SMILES string of the molecule is Cl.NC1(C(=O)Nc2cccc(-c3cccs3)c2)CCOCC1. The third-order valence-electron chi connectivity index (χ3n) is 3.76. The summed E-state index contributed by atoms with van der Waals surface area (Å²) in [4.78, 5) is 13.6. The van der Waals surface area contributed by atoms with Crippen LogP contribution in [0.3, 0.4) is 0 Å². The summed E-state index contributed by atoms with van der Waals surface area (Å²) in [5.74, 6) is -0.130. The number of anilines is 1. The predicted molar refractivity (Wildman–Crippen MR) is 92.6 cm³/mol. The van der Waals surface area contributed by atoms with Gasteiger partial charge in [0.15, 0.2) is 0 Å². The average molecular weight is 339 g/mol. The molecule has 2 heterocycles. The van der Waals surface area contributed by atoms with Crippen LogP contribution in [0.25, 0.3) is 10.4 Å². The van der Waals surface area contributed by atoms with Crippen LogP contribution in [0.5, 0.6) is 0 Å². The van der Waals surface area contributed by atoms with Crippen LogP contribution < -0.4 is 11.1 Å². The first kappa shape index (κ1) is 17.0. The monoisotopic (exact) mass is 338 g/mol. The minimum absolute atomic E-state index is 0. The van der Waals surface area contributed by atoms with E-state index in [4.69, 9.17) is 10.5 Å². The Bertz CT molecular complexity index is 625. The molecule has 1 aliphatic rings. The van der Waals surface area contributed by atoms with Crippen molar-refractivity contribution >= 4 is 35.3 Å². The minimum Gasteiger partial charge on any atom is -0.381 e. The van der Waals surface area contributed by atoms with Gasteiger partial charge in [0, 0.05) is 23.8 Å². The van der Waals surface area contributed by atoms with Crippen molar-refractivity contribution in [3.05, 3.63) is 41.8 Å². The second kappa shape index (κ2) is 7.24. The Morgan fingerprint density at radius 2 is 2.00 bits per heavy atom. The smallest absolute Gasteiger partial charge is 0.244 e. The van der Waals surface area contributed by atoms with Crippen LogP contribution in [0.2, 0.25) is 0 Å². The number of amides is 1. The molecule has 4 nitrogen and oxygen atoms in total. The van der Waals surface area contributed by atoms with Gasteiger partial charge in [-0.2, -0.15) is 0 Å². The van der Waals surface area contributed by atoms with Crippen LogP contribution in [-0.4, -0.2) is 24.7 Å². The molecule has 1 amide bonds. The van der Waals surface area contributed by atoms with Crippen molar-refractivity contribution in [2.45, 2.75) is 18.4 Å². The quantitative estimate of drug-likeness (QED) is 0.902. The standard InChI is InChI=1S/C16H18N2O2S.ClH/c17-16(6-8-20-9-7-16)15(19)18-13-4-1-3-12(11-13)14-5-2-10-21-14;/h1-5,10-11H,6-9,17H2,(H,18,19);1H. The molecule has 0 spiro atoms. The normalized spacial score (nSPS) is 16.6. The first-order valence-electron chi connectivity index (χ1n) is 6.99. The maximum absolute atomic E-state index is 12.4. The van der Waals surface area contributed by atoms with Gasteiger partial charge in [0.25, 0.3) is 0 Å². The van der Waals surface area contributed by atoms with Crippen molar-refractivity contribution < 1.29 is 9.53 Å². The third kappa shape index (κ3) is 3.67. The molecule has 1 aliphatic heterocycles. The van der Waals surface area contributed by atoms with Gasteiger partial charge in [-0.3, -0.25) is 4.79 Å². The summed E-state index contributed by atoms with van der Waals surface area (Å²) in [6.07, 6.45) is 1.12. The lowest BCUT2D eigenvalue weighted by Crippen LogP contribution is -2.54. The second-order valence-corrected chi connectivity index (χ2v) is 6.23. The maximum Gasteiger partial charge on any atom is 0.244 e. The van der Waals surface area contributed by atoms with Gasteiger partial charge in [-0.1, -0.05) is 18.2 Å². The summed E-state index contributed by atoms with van der Waals surface area (Å²) < 4.78 is 5.27. The van der Waals surface area contributed by atoms with Gasteiger partial charge in [-0.15, -0.1) is 23.7 Å². The van der Waals surface area contributed by atoms with Crippen molar-refractivity contribution in [3.63, 3.8) is 0 Å². The lowest BCUT2D eigenvalue weighted by Gasteiger charge is -2.31. The number of hydrogen-bond acceptors (Lipinski definition) is 4. The molecule has 0 bridgehead atoms. The highest BCUT2D eigenvalue weighted by Gasteiger charge is 2.35. The zero-order valence-electron chi connectivity index (χ0n) is 12.1. The number of halogens is 1. The number of nitrogens with one attached hydrogen (secondary N) is 1. The van der Waals surface area contributed by atoms with E-state index in [1.807, 2.05) is 35.7 Å². The summed E-state index contributed by atoms with van der Waals surface area (Å²) in [5.41, 5.74) is 7.25. The van der Waals surface area contributed by atoms with Crippen molar-refractivity contribution in [2.24, 2.45) is 5.73 Å². The van der Waals surface area contributed by atoms with Gasteiger partial charge in [0.1, 0.15) is 5.54 Å². The van der Waals surface area contributed by atoms with E-state index in [0.717, 1.165) is 11.3 Å². The fourth-order valence-electron chi connectivity index (χ4n) is 2.41. The Morgan fingerprint density at radius 3 is 2.68 bits per heavy atom. The van der Waals surface area contributed by atoms with Crippen LogP contribution in [0.15, 0.2) is 41.8 Å². The topological polar surface area (TPSA) is 64.4 Å². The molecule has 1 aromatic heterocycles. The van der Waals surface area contributed by atoms with Crippen LogP contribution >= 0.6 is 23.7 Å². The number of nitrogens with two attached hydrogens (primary N) is 1. The highest BCUT2D eigenvalue weighted by atomic mass is 35.5. The molecule has 3 N–H and O–H groups in total. The zero-order chi connectivity index (χ0) is 14.7. The Kier molecular flexibility index (Phi) is 5.58. The van der Waals surface area contributed by atoms with Gasteiger partial charge in [0.05, 0.1) is 0 Å². The van der Waals surface area contributed by atoms with E-state index < -0.39 is 5.54 Å². The number of thiophene rings is 1. The van der Waals surface area contributed by atoms with E-state index in [-0.39, 0.29) is 18.3 Å². The molecule has 1 fully saturated rings. The van der Waals surface area contributed by atoms with Crippen LogP contribution in [0.4, 0.5) is 5.69 Å². The van der Waals surface area contributed by atoms with Crippen LogP contribution in [0, 0.1) is 0 Å². The molecule has 22 heavy (non-hydrogen) atoms. The largest absolute Gasteiger partial charge is 0.381 e. The fraction of sp³-hybridized carbons (Fsp3) is 0.312. The predicted octanol–water partition coefficient (Wildman–Crippen LogP) is 3.28. The van der Waals surface area contributed by atoms with Gasteiger partial charge < -0.3 is 15.8 Å². The van der Waals surface area contributed by atoms with E-state index >= 15 is 0 Å². The molecule has 0 saturated carbocycles. The molecule has 3 rings (SSSR count). The first-order chi connectivity index (χ1) is 10.2. The van der Waals surface area contributed by atoms with Gasteiger partial charge in [-0.05, 0) is 42.0 Å². The highest BCUT2D eigenvalue weighted by molar-refractivity contribution is 7.13. The first-order valence-corrected chi connectivity index (χ1v) is 7.87. The van der Waals surface area contributed by atoms with Gasteiger partial charge in [0.2, 0.25) is 5.91 Å². The van der Waals surface area contributed by atoms with Crippen molar-refractivity contribution in [3.8, 4) is 10.4 Å². The molecular weight excluding hydrogens is 320 g/mol. The highest BCUT2D eigenvalue weighted by Crippen LogP contribution is 2.27. The second-order valence-electron chi connectivity index (χ2n) is 5.28. The van der Waals surface area contributed by atoms with Gasteiger partial charge >= 0.3 is 0 Å². The summed E-state index contributed by atoms with van der Waals surface area (Å²) in [5, 5.41) is 4.98. The molecule has 2 aromatic rings. The number of carbonyl (C=O) groups is 1. The van der Waals surface area contributed by atoms with E-state index in [9.17, 15) is 4.79 Å². The third-order valence-corrected chi connectivity index (χ3v) is 4.68. The van der Waals surface area contributed by atoms with Crippen LogP contribution in [0.1, 0.15) is 12.8 Å². The van der Waals surface area contributed by atoms with E-state index in [2.05, 4.69) is 11.4 Å². The van der Waals surface area contributed by atoms with Gasteiger partial charge in [-0.25, -0.2) is 0 Å². The average Bonchev–Trinajstić information content (AvgIpc) is 3.02. The van der Waals surface area contributed by atoms with Crippen LogP contribution in [-0.2, 0) is 9.53 Å². The molecule has 6 heteroatoms. The summed E-state index contributed by atoms with van der Waals surface area (Å²) in [7, 11) is 0. The van der Waals surface area contributed by atoms with Crippen molar-refractivity contribution in [1.82, 2.24) is 0 Å². The molecule has 118 valence electrons. The number of carbonyl (C=O) groups excluding carboxylic acids is 1. The Hall–Kier alpha value is -1.40.